The van der Waals surface area contributed by atoms with Crippen molar-refractivity contribution in [2.45, 2.75) is 32.2 Å². The van der Waals surface area contributed by atoms with Crippen molar-refractivity contribution < 1.29 is 9.53 Å². The smallest absolute Gasteiger partial charge is 0.323 e. The van der Waals surface area contributed by atoms with E-state index in [2.05, 4.69) is 4.90 Å². The third kappa shape index (κ3) is 3.50. The molecule has 1 aliphatic heterocycles. The van der Waals surface area contributed by atoms with E-state index in [0.717, 1.165) is 37.9 Å². The Bertz CT molecular complexity index is 253. The van der Waals surface area contributed by atoms with Crippen LogP contribution in [0.3, 0.4) is 0 Å². The molecule has 1 rings (SSSR count). The second-order valence-electron chi connectivity index (χ2n) is 3.96. The average molecular weight is 232 g/mol. The summed E-state index contributed by atoms with van der Waals surface area (Å²) in [7, 11) is 1.44. The van der Waals surface area contributed by atoms with Gasteiger partial charge in [0.15, 0.2) is 0 Å². The summed E-state index contributed by atoms with van der Waals surface area (Å²) in [5, 5.41) is 0. The molecule has 0 amide bonds. The molecule has 1 aliphatic rings. The molecule has 0 saturated carbocycles. The Balaban J connectivity index is 2.61. The number of nitrogens with zero attached hydrogens (tertiary/aromatic N) is 1. The highest BCUT2D eigenvalue weighted by Gasteiger charge is 2.29. The highest BCUT2D eigenvalue weighted by molar-refractivity contribution is 6.25. The summed E-state index contributed by atoms with van der Waals surface area (Å²) < 4.78 is 4.80. The van der Waals surface area contributed by atoms with Gasteiger partial charge in [-0.3, -0.25) is 9.69 Å². The van der Waals surface area contributed by atoms with Gasteiger partial charge >= 0.3 is 5.97 Å². The number of esters is 1. The minimum absolute atomic E-state index is 0.0877. The van der Waals surface area contributed by atoms with Crippen molar-refractivity contribution in [1.29, 1.82) is 0 Å². The van der Waals surface area contributed by atoms with Crippen LogP contribution in [0.4, 0.5) is 0 Å². The van der Waals surface area contributed by atoms with Crippen LogP contribution >= 0.6 is 11.6 Å². The van der Waals surface area contributed by atoms with Crippen molar-refractivity contribution in [2.24, 2.45) is 0 Å². The van der Waals surface area contributed by atoms with E-state index in [-0.39, 0.29) is 12.0 Å². The molecule has 0 N–H and O–H groups in total. The normalized spacial score (nSPS) is 23.9. The highest BCUT2D eigenvalue weighted by Crippen LogP contribution is 2.19. The zero-order valence-electron chi connectivity index (χ0n) is 9.33. The van der Waals surface area contributed by atoms with Gasteiger partial charge in [-0.1, -0.05) is 18.0 Å². The molecule has 0 aromatic heterocycles. The molecule has 1 atom stereocenters. The molecule has 86 valence electrons. The van der Waals surface area contributed by atoms with E-state index in [1.54, 1.807) is 5.54 Å². The molecule has 3 nitrogen and oxygen atoms in total. The van der Waals surface area contributed by atoms with E-state index >= 15 is 0 Å². The third-order valence-corrected chi connectivity index (χ3v) is 3.10. The summed E-state index contributed by atoms with van der Waals surface area (Å²) >= 11 is 5.63. The maximum absolute atomic E-state index is 11.5. The van der Waals surface area contributed by atoms with Gasteiger partial charge in [0.05, 0.1) is 7.11 Å². The van der Waals surface area contributed by atoms with Crippen LogP contribution in [0.2, 0.25) is 0 Å². The fraction of sp³-hybridized carbons (Fsp3) is 0.727. The second-order valence-corrected chi connectivity index (χ2v) is 4.18. The third-order valence-electron chi connectivity index (χ3n) is 2.73. The Morgan fingerprint density at radius 1 is 1.60 bits per heavy atom. The molecule has 0 spiro atoms. The topological polar surface area (TPSA) is 29.5 Å². The number of carbonyl (C=O) groups excluding carboxylic acids is 1. The molecular formula is C11H18ClNO2. The Labute approximate surface area is 96.0 Å². The molecule has 0 aromatic carbocycles. The molecule has 1 saturated heterocycles. The van der Waals surface area contributed by atoms with Crippen molar-refractivity contribution in [2.75, 3.05) is 20.2 Å². The van der Waals surface area contributed by atoms with Crippen LogP contribution < -0.4 is 0 Å². The maximum Gasteiger partial charge on any atom is 0.323 e. The lowest BCUT2D eigenvalue weighted by atomic mass is 10.0. The number of piperidine rings is 1. The lowest BCUT2D eigenvalue weighted by molar-refractivity contribution is -0.148. The lowest BCUT2D eigenvalue weighted by Crippen LogP contribution is -2.45. The van der Waals surface area contributed by atoms with E-state index < -0.39 is 0 Å². The number of halogens is 1. The van der Waals surface area contributed by atoms with E-state index in [1.807, 2.05) is 6.92 Å². The number of hydrogen-bond donors (Lipinski definition) is 0. The van der Waals surface area contributed by atoms with Gasteiger partial charge in [0.1, 0.15) is 6.04 Å². The summed E-state index contributed by atoms with van der Waals surface area (Å²) in [5.74, 6) is -0.128. The van der Waals surface area contributed by atoms with E-state index in [4.69, 9.17) is 16.3 Å². The number of methoxy groups -OCH3 is 1. The molecule has 15 heavy (non-hydrogen) atoms. The van der Waals surface area contributed by atoms with E-state index in [1.165, 1.54) is 7.11 Å². The van der Waals surface area contributed by atoms with Gasteiger partial charge < -0.3 is 4.74 Å². The molecule has 4 heteroatoms. The minimum atomic E-state index is -0.128. The molecule has 1 heterocycles. The zero-order valence-corrected chi connectivity index (χ0v) is 10.1. The van der Waals surface area contributed by atoms with Gasteiger partial charge in [-0.2, -0.15) is 0 Å². The number of carbonyl (C=O) groups is 1. The lowest BCUT2D eigenvalue weighted by Gasteiger charge is -2.33. The minimum Gasteiger partial charge on any atom is -0.468 e. The van der Waals surface area contributed by atoms with E-state index in [9.17, 15) is 4.79 Å². The molecule has 0 radical (unpaired) electrons. The predicted octanol–water partition coefficient (Wildman–Crippen LogP) is 2.16. The van der Waals surface area contributed by atoms with Crippen molar-refractivity contribution in [1.82, 2.24) is 4.90 Å². The first-order valence-corrected chi connectivity index (χ1v) is 5.70. The van der Waals surface area contributed by atoms with Crippen LogP contribution in [0.1, 0.15) is 26.2 Å². The first kappa shape index (κ1) is 12.5. The fourth-order valence-electron chi connectivity index (χ4n) is 1.94. The average Bonchev–Trinajstić information content (AvgIpc) is 2.28. The SMILES string of the molecule is COC(=O)C1CCCCN1CC(C)=CCl. The zero-order chi connectivity index (χ0) is 11.3. The molecule has 0 aromatic rings. The molecule has 0 aliphatic carbocycles. The number of hydrogen-bond acceptors (Lipinski definition) is 3. The van der Waals surface area contributed by atoms with Crippen LogP contribution in [0, 0.1) is 0 Å². The standard InChI is InChI=1S/C11H18ClNO2/c1-9(7-12)8-13-6-4-3-5-10(13)11(14)15-2/h7,10H,3-6,8H2,1-2H3. The summed E-state index contributed by atoms with van der Waals surface area (Å²) in [6, 6.07) is -0.0877. The van der Waals surface area contributed by atoms with Crippen molar-refractivity contribution >= 4 is 17.6 Å². The van der Waals surface area contributed by atoms with Crippen molar-refractivity contribution in [3.63, 3.8) is 0 Å². The molecule has 1 fully saturated rings. The van der Waals surface area contributed by atoms with Crippen molar-refractivity contribution in [3.8, 4) is 0 Å². The Morgan fingerprint density at radius 2 is 2.33 bits per heavy atom. The number of likely N-dealkylation sites (tertiary alicyclic amines) is 1. The van der Waals surface area contributed by atoms with Gasteiger partial charge in [-0.15, -0.1) is 0 Å². The van der Waals surface area contributed by atoms with Crippen LogP contribution in [-0.4, -0.2) is 37.1 Å². The first-order chi connectivity index (χ1) is 7.19. The highest BCUT2D eigenvalue weighted by atomic mass is 35.5. The fourth-order valence-corrected chi connectivity index (χ4v) is 2.01. The van der Waals surface area contributed by atoms with Crippen LogP contribution in [0.15, 0.2) is 11.1 Å². The van der Waals surface area contributed by atoms with Crippen LogP contribution in [-0.2, 0) is 9.53 Å². The number of ether oxygens (including phenoxy) is 1. The molecular weight excluding hydrogens is 214 g/mol. The summed E-state index contributed by atoms with van der Waals surface area (Å²) in [4.78, 5) is 13.7. The Kier molecular flexibility index (Phi) is 5.12. The first-order valence-electron chi connectivity index (χ1n) is 5.26. The number of rotatable bonds is 3. The Morgan fingerprint density at radius 3 is 2.93 bits per heavy atom. The van der Waals surface area contributed by atoms with Crippen molar-refractivity contribution in [3.05, 3.63) is 11.1 Å². The Hall–Kier alpha value is -0.540. The largest absolute Gasteiger partial charge is 0.468 e. The molecule has 0 bridgehead atoms. The second kappa shape index (κ2) is 6.13. The van der Waals surface area contributed by atoms with Gasteiger partial charge in [-0.05, 0) is 31.9 Å². The van der Waals surface area contributed by atoms with Gasteiger partial charge in [0.2, 0.25) is 0 Å². The van der Waals surface area contributed by atoms with E-state index in [0.29, 0.717) is 0 Å². The summed E-state index contributed by atoms with van der Waals surface area (Å²) in [6.07, 6.45) is 3.13. The predicted molar refractivity (Wildman–Crippen MR) is 60.8 cm³/mol. The van der Waals surface area contributed by atoms with Gasteiger partial charge in [-0.25, -0.2) is 0 Å². The monoisotopic (exact) mass is 231 g/mol. The van der Waals surface area contributed by atoms with Gasteiger partial charge in [0, 0.05) is 12.1 Å². The summed E-state index contributed by atoms with van der Waals surface area (Å²) in [5.41, 5.74) is 2.65. The quantitative estimate of drug-likeness (QED) is 0.698. The van der Waals surface area contributed by atoms with Crippen LogP contribution in [0.25, 0.3) is 0 Å². The van der Waals surface area contributed by atoms with Gasteiger partial charge in [0.25, 0.3) is 0 Å². The maximum atomic E-state index is 11.5. The van der Waals surface area contributed by atoms with Crippen LogP contribution in [0.5, 0.6) is 0 Å². The molecule has 1 unspecified atom stereocenters. The summed E-state index contributed by atoms with van der Waals surface area (Å²) in [6.45, 7) is 3.67.